The molecule has 0 unspecified atom stereocenters. The number of nitrogens with one attached hydrogen (secondary N) is 2. The molecule has 2 N–H and O–H groups in total. The quantitative estimate of drug-likeness (QED) is 0.510. The molecular weight excluding hydrogens is 474 g/mol. The number of hydrogen-bond acceptors (Lipinski definition) is 5. The number of rotatable bonds is 3. The molecule has 2 aliphatic heterocycles. The highest BCUT2D eigenvalue weighted by Crippen LogP contribution is 2.43. The molecule has 0 bridgehead atoms. The Morgan fingerprint density at radius 2 is 1.93 bits per heavy atom. The smallest absolute Gasteiger partial charge is 0.264 e. The Balaban J connectivity index is 1.66. The van der Waals surface area contributed by atoms with Crippen molar-refractivity contribution in [1.29, 1.82) is 0 Å². The molecule has 29 heavy (non-hydrogen) atoms. The molecule has 3 amide bonds. The first-order chi connectivity index (χ1) is 13.8. The Kier molecular flexibility index (Phi) is 5.28. The van der Waals surface area contributed by atoms with E-state index in [0.717, 1.165) is 21.8 Å². The summed E-state index contributed by atoms with van der Waals surface area (Å²) in [6.45, 7) is 1.79. The van der Waals surface area contributed by atoms with Crippen molar-refractivity contribution in [2.75, 3.05) is 16.8 Å². The predicted molar refractivity (Wildman–Crippen MR) is 122 cm³/mol. The second-order valence-corrected chi connectivity index (χ2v) is 9.12. The summed E-state index contributed by atoms with van der Waals surface area (Å²) in [7, 11) is 0. The van der Waals surface area contributed by atoms with Crippen molar-refractivity contribution >= 4 is 78.9 Å². The van der Waals surface area contributed by atoms with Gasteiger partial charge in [0.25, 0.3) is 11.8 Å². The highest BCUT2D eigenvalue weighted by Gasteiger charge is 2.39. The van der Waals surface area contributed by atoms with Crippen LogP contribution in [0.4, 0.5) is 11.4 Å². The van der Waals surface area contributed by atoms with E-state index in [9.17, 15) is 14.4 Å². The first-order valence-corrected chi connectivity index (χ1v) is 10.6. The lowest BCUT2D eigenvalue weighted by Gasteiger charge is -2.17. The highest BCUT2D eigenvalue weighted by molar-refractivity contribution is 9.10. The summed E-state index contributed by atoms with van der Waals surface area (Å²) >= 11 is 9.51. The van der Waals surface area contributed by atoms with Crippen molar-refractivity contribution in [2.24, 2.45) is 0 Å². The molecule has 0 saturated carbocycles. The monoisotopic (exact) mass is 487 g/mol. The number of halogens is 1. The van der Waals surface area contributed by atoms with E-state index in [4.69, 9.17) is 12.2 Å². The average Bonchev–Trinajstić information content (AvgIpc) is 3.12. The molecule has 0 radical (unpaired) electrons. The molecule has 0 aromatic heterocycles. The Labute approximate surface area is 184 Å². The summed E-state index contributed by atoms with van der Waals surface area (Å²) in [4.78, 5) is 39.7. The number of carbonyl (C=O) groups is 3. The summed E-state index contributed by atoms with van der Waals surface area (Å²) in [6, 6.07) is 12.7. The van der Waals surface area contributed by atoms with E-state index in [1.165, 1.54) is 4.90 Å². The van der Waals surface area contributed by atoms with E-state index >= 15 is 0 Å². The van der Waals surface area contributed by atoms with Gasteiger partial charge in [-0.1, -0.05) is 57.6 Å². The van der Waals surface area contributed by atoms with Gasteiger partial charge in [-0.15, -0.1) is 0 Å². The predicted octanol–water partition coefficient (Wildman–Crippen LogP) is 3.60. The Morgan fingerprint density at radius 3 is 2.59 bits per heavy atom. The van der Waals surface area contributed by atoms with Crippen LogP contribution in [-0.2, 0) is 14.4 Å². The lowest BCUT2D eigenvalue weighted by Crippen LogP contribution is -2.35. The van der Waals surface area contributed by atoms with E-state index in [1.807, 2.05) is 19.1 Å². The maximum atomic E-state index is 13.2. The van der Waals surface area contributed by atoms with Gasteiger partial charge in [0.05, 0.1) is 16.2 Å². The molecule has 9 heteroatoms. The van der Waals surface area contributed by atoms with E-state index in [1.54, 1.807) is 30.3 Å². The summed E-state index contributed by atoms with van der Waals surface area (Å²) < 4.78 is 1.07. The zero-order chi connectivity index (χ0) is 20.7. The number of amides is 3. The second kappa shape index (κ2) is 7.74. The van der Waals surface area contributed by atoms with Crippen LogP contribution in [-0.4, -0.2) is 28.6 Å². The van der Waals surface area contributed by atoms with E-state index in [0.29, 0.717) is 21.3 Å². The number of thioether (sulfide) groups is 1. The van der Waals surface area contributed by atoms with Crippen LogP contribution in [0.5, 0.6) is 0 Å². The molecule has 2 aromatic rings. The summed E-state index contributed by atoms with van der Waals surface area (Å²) in [5, 5.41) is 5.33. The van der Waals surface area contributed by atoms with Crippen LogP contribution in [0.2, 0.25) is 0 Å². The number of thiocarbonyl (C=S) groups is 1. The van der Waals surface area contributed by atoms with Gasteiger partial charge < -0.3 is 10.6 Å². The normalized spacial score (nSPS) is 18.1. The minimum Gasteiger partial charge on any atom is -0.325 e. The largest absolute Gasteiger partial charge is 0.325 e. The van der Waals surface area contributed by atoms with Gasteiger partial charge in [0.1, 0.15) is 10.9 Å². The summed E-state index contributed by atoms with van der Waals surface area (Å²) in [5.41, 5.74) is 3.16. The maximum absolute atomic E-state index is 13.2. The molecule has 2 aliphatic rings. The van der Waals surface area contributed by atoms with Gasteiger partial charge in [0, 0.05) is 15.7 Å². The van der Waals surface area contributed by atoms with Gasteiger partial charge in [0.2, 0.25) is 5.91 Å². The number of anilines is 2. The van der Waals surface area contributed by atoms with Crippen molar-refractivity contribution in [1.82, 2.24) is 5.32 Å². The van der Waals surface area contributed by atoms with E-state index < -0.39 is 11.8 Å². The molecule has 2 heterocycles. The molecule has 1 fully saturated rings. The third-order valence-electron chi connectivity index (χ3n) is 4.46. The molecule has 0 spiro atoms. The molecule has 0 aliphatic carbocycles. The minimum absolute atomic E-state index is 0.172. The lowest BCUT2D eigenvalue weighted by molar-refractivity contribution is -0.118. The number of nitrogens with zero attached hydrogens (tertiary/aromatic N) is 1. The number of aryl methyl sites for hydroxylation is 1. The van der Waals surface area contributed by atoms with Crippen molar-refractivity contribution in [2.45, 2.75) is 6.92 Å². The number of carbonyl (C=O) groups excluding carboxylic acids is 3. The molecule has 146 valence electrons. The number of benzene rings is 2. The van der Waals surface area contributed by atoms with Crippen LogP contribution in [0.15, 0.2) is 51.8 Å². The van der Waals surface area contributed by atoms with E-state index in [-0.39, 0.29) is 22.9 Å². The second-order valence-electron chi connectivity index (χ2n) is 6.51. The van der Waals surface area contributed by atoms with Crippen molar-refractivity contribution in [3.05, 3.63) is 63.0 Å². The van der Waals surface area contributed by atoms with Gasteiger partial charge >= 0.3 is 0 Å². The average molecular weight is 488 g/mol. The summed E-state index contributed by atoms with van der Waals surface area (Å²) in [6.07, 6.45) is 0. The van der Waals surface area contributed by atoms with E-state index in [2.05, 4.69) is 26.6 Å². The van der Waals surface area contributed by atoms with Crippen LogP contribution >= 0.6 is 39.9 Å². The standard InChI is InChI=1S/C20H14BrN3O3S2/c1-10-2-5-12(6-3-10)22-15(25)9-24-14-7-4-11(21)8-13(14)16(19(24)27)17-18(26)23-20(28)29-17/h2-8H,9H2,1H3,(H,22,25)(H,23,26,28)/b17-16+. The van der Waals surface area contributed by atoms with Crippen molar-refractivity contribution < 1.29 is 14.4 Å². The van der Waals surface area contributed by atoms with Crippen LogP contribution in [0, 0.1) is 6.92 Å². The topological polar surface area (TPSA) is 78.5 Å². The number of hydrogen-bond donors (Lipinski definition) is 2. The van der Waals surface area contributed by atoms with Crippen LogP contribution in [0.25, 0.3) is 5.57 Å². The lowest BCUT2D eigenvalue weighted by atomic mass is 10.1. The van der Waals surface area contributed by atoms with Crippen LogP contribution in [0.1, 0.15) is 11.1 Å². The fourth-order valence-electron chi connectivity index (χ4n) is 3.14. The van der Waals surface area contributed by atoms with Crippen LogP contribution < -0.4 is 15.5 Å². The van der Waals surface area contributed by atoms with Gasteiger partial charge in [-0.05, 0) is 37.3 Å². The SMILES string of the molecule is Cc1ccc(NC(=O)CN2C(=O)/C(=C3/SC(=S)NC3=O)c3cc(Br)ccc32)cc1. The van der Waals surface area contributed by atoms with Gasteiger partial charge in [0.15, 0.2) is 0 Å². The van der Waals surface area contributed by atoms with Gasteiger partial charge in [-0.2, -0.15) is 0 Å². The molecule has 2 aromatic carbocycles. The number of fused-ring (bicyclic) bond motifs is 1. The van der Waals surface area contributed by atoms with Crippen molar-refractivity contribution in [3.63, 3.8) is 0 Å². The Morgan fingerprint density at radius 1 is 1.21 bits per heavy atom. The molecule has 1 saturated heterocycles. The molecular formula is C20H14BrN3O3S2. The fraction of sp³-hybridized carbons (Fsp3) is 0.100. The minimum atomic E-state index is -0.403. The third-order valence-corrected chi connectivity index (χ3v) is 6.18. The fourth-order valence-corrected chi connectivity index (χ4v) is 4.62. The Bertz CT molecular complexity index is 1110. The van der Waals surface area contributed by atoms with Crippen molar-refractivity contribution in [3.8, 4) is 0 Å². The maximum Gasteiger partial charge on any atom is 0.264 e. The highest BCUT2D eigenvalue weighted by atomic mass is 79.9. The van der Waals surface area contributed by atoms with Crippen LogP contribution in [0.3, 0.4) is 0 Å². The van der Waals surface area contributed by atoms with Gasteiger partial charge in [-0.3, -0.25) is 19.3 Å². The third kappa shape index (κ3) is 3.85. The first-order valence-electron chi connectivity index (χ1n) is 8.59. The van der Waals surface area contributed by atoms with Gasteiger partial charge in [-0.25, -0.2) is 0 Å². The zero-order valence-corrected chi connectivity index (χ0v) is 18.3. The molecule has 6 nitrogen and oxygen atoms in total. The zero-order valence-electron chi connectivity index (χ0n) is 15.1. The summed E-state index contributed by atoms with van der Waals surface area (Å²) in [5.74, 6) is -1.14. The first kappa shape index (κ1) is 19.8. The molecule has 4 rings (SSSR count). The molecule has 0 atom stereocenters. The Hall–Kier alpha value is -2.49.